The average molecular weight is 418 g/mol. The molecule has 2 aliphatic rings. The minimum atomic E-state index is -2.14. The van der Waals surface area contributed by atoms with Gasteiger partial charge in [-0.05, 0) is 67.4 Å². The third-order valence-electron chi connectivity index (χ3n) is 5.60. The smallest absolute Gasteiger partial charge is 0.352 e. The number of hydrogen-bond acceptors (Lipinski definition) is 6. The van der Waals surface area contributed by atoms with E-state index in [0.717, 1.165) is 58.7 Å². The van der Waals surface area contributed by atoms with Crippen molar-refractivity contribution in [1.82, 2.24) is 15.5 Å². The SMILES string of the molecule is CC1(C)CNCC(C)(C)N1.CCO[Si](C)(OCC)C(CC)N1CCC(O)CC1. The number of aliphatic hydroxyl groups is 1. The molecule has 2 rings (SSSR count). The van der Waals surface area contributed by atoms with E-state index in [2.05, 4.69) is 56.7 Å². The average Bonchev–Trinajstić information content (AvgIpc) is 2.56. The van der Waals surface area contributed by atoms with Crippen molar-refractivity contribution in [3.8, 4) is 0 Å². The van der Waals surface area contributed by atoms with Crippen molar-refractivity contribution in [3.05, 3.63) is 0 Å². The van der Waals surface area contributed by atoms with Crippen molar-refractivity contribution in [3.63, 3.8) is 0 Å². The van der Waals surface area contributed by atoms with Crippen LogP contribution in [0.3, 0.4) is 0 Å². The Bertz CT molecular complexity index is 421. The first kappa shape index (κ1) is 26.0. The number of piperazine rings is 1. The summed E-state index contributed by atoms with van der Waals surface area (Å²) in [6.45, 7) is 22.8. The molecule has 0 aromatic carbocycles. The fourth-order valence-electron chi connectivity index (χ4n) is 4.66. The zero-order chi connectivity index (χ0) is 21.4. The molecule has 0 amide bonds. The molecule has 0 aromatic heterocycles. The summed E-state index contributed by atoms with van der Waals surface area (Å²) in [4.78, 5) is 2.46. The Morgan fingerprint density at radius 3 is 1.79 bits per heavy atom. The van der Waals surface area contributed by atoms with Crippen molar-refractivity contribution in [2.45, 2.75) is 97.1 Å². The van der Waals surface area contributed by atoms with Crippen LogP contribution < -0.4 is 10.6 Å². The maximum atomic E-state index is 9.61. The van der Waals surface area contributed by atoms with Crippen LogP contribution in [0.25, 0.3) is 0 Å². The quantitative estimate of drug-likeness (QED) is 0.554. The van der Waals surface area contributed by atoms with Crippen molar-refractivity contribution >= 4 is 8.56 Å². The predicted molar refractivity (Wildman–Crippen MR) is 120 cm³/mol. The first-order valence-electron chi connectivity index (χ1n) is 11.2. The molecule has 1 atom stereocenters. The number of likely N-dealkylation sites (tertiary alicyclic amines) is 1. The Morgan fingerprint density at radius 2 is 1.46 bits per heavy atom. The predicted octanol–water partition coefficient (Wildman–Crippen LogP) is 2.64. The first-order valence-corrected chi connectivity index (χ1v) is 13.6. The van der Waals surface area contributed by atoms with Crippen LogP contribution in [-0.4, -0.2) is 80.8 Å². The lowest BCUT2D eigenvalue weighted by molar-refractivity contribution is 0.0566. The highest BCUT2D eigenvalue weighted by Gasteiger charge is 2.43. The van der Waals surface area contributed by atoms with Gasteiger partial charge in [0.1, 0.15) is 0 Å². The molecule has 3 N–H and O–H groups in total. The Morgan fingerprint density at radius 1 is 1.00 bits per heavy atom. The fraction of sp³-hybridized carbons (Fsp3) is 1.00. The Kier molecular flexibility index (Phi) is 10.6. The molecule has 2 heterocycles. The monoisotopic (exact) mass is 417 g/mol. The number of aliphatic hydroxyl groups excluding tert-OH is 1. The van der Waals surface area contributed by atoms with Gasteiger partial charge in [-0.15, -0.1) is 0 Å². The second kappa shape index (κ2) is 11.4. The van der Waals surface area contributed by atoms with Gasteiger partial charge < -0.3 is 24.6 Å². The molecule has 0 spiro atoms. The van der Waals surface area contributed by atoms with E-state index in [1.165, 1.54) is 0 Å². The largest absolute Gasteiger partial charge is 0.394 e. The highest BCUT2D eigenvalue weighted by Crippen LogP contribution is 2.24. The third-order valence-corrected chi connectivity index (χ3v) is 9.31. The van der Waals surface area contributed by atoms with Gasteiger partial charge in [0.05, 0.1) is 11.8 Å². The minimum Gasteiger partial charge on any atom is -0.394 e. The van der Waals surface area contributed by atoms with Crippen LogP contribution in [0.15, 0.2) is 0 Å². The number of nitrogens with one attached hydrogen (secondary N) is 2. The van der Waals surface area contributed by atoms with Crippen molar-refractivity contribution in [2.75, 3.05) is 39.4 Å². The van der Waals surface area contributed by atoms with Crippen LogP contribution in [0.5, 0.6) is 0 Å². The molecule has 0 aliphatic carbocycles. The summed E-state index contributed by atoms with van der Waals surface area (Å²) in [6, 6.07) is 0. The molecule has 2 saturated heterocycles. The summed E-state index contributed by atoms with van der Waals surface area (Å²) >= 11 is 0. The highest BCUT2D eigenvalue weighted by molar-refractivity contribution is 6.67. The molecule has 2 aliphatic heterocycles. The van der Waals surface area contributed by atoms with Crippen LogP contribution in [0, 0.1) is 0 Å². The number of rotatable bonds is 7. The number of piperidine rings is 1. The second-order valence-corrected chi connectivity index (χ2v) is 12.8. The molecule has 0 saturated carbocycles. The van der Waals surface area contributed by atoms with Gasteiger partial charge in [-0.2, -0.15) is 0 Å². The van der Waals surface area contributed by atoms with Gasteiger partial charge in [0.15, 0.2) is 0 Å². The van der Waals surface area contributed by atoms with Crippen LogP contribution in [0.4, 0.5) is 0 Å². The highest BCUT2D eigenvalue weighted by atomic mass is 28.4. The van der Waals surface area contributed by atoms with Gasteiger partial charge in [0, 0.05) is 50.5 Å². The topological polar surface area (TPSA) is 66.0 Å². The molecule has 168 valence electrons. The van der Waals surface area contributed by atoms with Crippen molar-refractivity contribution in [1.29, 1.82) is 0 Å². The fourth-order valence-corrected chi connectivity index (χ4v) is 7.93. The lowest BCUT2D eigenvalue weighted by Gasteiger charge is -2.43. The summed E-state index contributed by atoms with van der Waals surface area (Å²) < 4.78 is 12.0. The maximum Gasteiger partial charge on any atom is 0.352 e. The summed E-state index contributed by atoms with van der Waals surface area (Å²) in [5.74, 6) is 0. The molecule has 0 bridgehead atoms. The van der Waals surface area contributed by atoms with Crippen LogP contribution >= 0.6 is 0 Å². The molecular weight excluding hydrogens is 370 g/mol. The van der Waals surface area contributed by atoms with E-state index in [1.54, 1.807) is 0 Å². The normalized spacial score (nSPS) is 24.3. The van der Waals surface area contributed by atoms with Gasteiger partial charge in [-0.1, -0.05) is 6.92 Å². The molecule has 6 nitrogen and oxygen atoms in total. The zero-order valence-corrected chi connectivity index (χ0v) is 20.7. The van der Waals surface area contributed by atoms with Gasteiger partial charge in [0.25, 0.3) is 0 Å². The van der Waals surface area contributed by atoms with E-state index in [9.17, 15) is 5.11 Å². The lowest BCUT2D eigenvalue weighted by Crippen LogP contribution is -2.65. The van der Waals surface area contributed by atoms with Crippen LogP contribution in [0.1, 0.15) is 67.7 Å². The zero-order valence-electron chi connectivity index (χ0n) is 19.7. The van der Waals surface area contributed by atoms with Crippen LogP contribution in [0.2, 0.25) is 6.55 Å². The summed E-state index contributed by atoms with van der Waals surface area (Å²) in [5, 5.41) is 16.6. The summed E-state index contributed by atoms with van der Waals surface area (Å²) in [6.07, 6.45) is 2.68. The Labute approximate surface area is 175 Å². The van der Waals surface area contributed by atoms with E-state index in [4.69, 9.17) is 8.85 Å². The molecule has 28 heavy (non-hydrogen) atoms. The van der Waals surface area contributed by atoms with Gasteiger partial charge in [-0.25, -0.2) is 0 Å². The van der Waals surface area contributed by atoms with Crippen LogP contribution in [-0.2, 0) is 8.85 Å². The summed E-state index contributed by atoms with van der Waals surface area (Å²) in [7, 11) is -2.14. The Hall–Kier alpha value is -0.0231. The Balaban J connectivity index is 0.000000330. The second-order valence-electron chi connectivity index (χ2n) is 9.57. The molecule has 2 fully saturated rings. The lowest BCUT2D eigenvalue weighted by atomic mass is 9.93. The minimum absolute atomic E-state index is 0.120. The van der Waals surface area contributed by atoms with Gasteiger partial charge >= 0.3 is 8.56 Å². The van der Waals surface area contributed by atoms with E-state index in [1.807, 2.05) is 13.8 Å². The molecule has 7 heteroatoms. The molecule has 0 radical (unpaired) electrons. The maximum absolute atomic E-state index is 9.61. The first-order chi connectivity index (χ1) is 13.0. The van der Waals surface area contributed by atoms with Gasteiger partial charge in [-0.3, -0.25) is 4.90 Å². The van der Waals surface area contributed by atoms with Crippen molar-refractivity contribution in [2.24, 2.45) is 0 Å². The van der Waals surface area contributed by atoms with E-state index >= 15 is 0 Å². The van der Waals surface area contributed by atoms with E-state index in [-0.39, 0.29) is 17.2 Å². The molecule has 0 aromatic rings. The summed E-state index contributed by atoms with van der Waals surface area (Å²) in [5.41, 5.74) is 0.897. The van der Waals surface area contributed by atoms with Gasteiger partial charge in [0.2, 0.25) is 0 Å². The van der Waals surface area contributed by atoms with Crippen molar-refractivity contribution < 1.29 is 14.0 Å². The van der Waals surface area contributed by atoms with E-state index < -0.39 is 8.56 Å². The van der Waals surface area contributed by atoms with E-state index in [0.29, 0.717) is 5.67 Å². The number of hydrogen-bond donors (Lipinski definition) is 3. The molecule has 1 unspecified atom stereocenters. The standard InChI is InChI=1S/C13H29NO3Si.C8H18N2/c1-5-13(14-10-8-12(15)9-11-14)18(4,16-6-2)17-7-3;1-7(2)5-9-6-8(3,4)10-7/h12-13,15H,5-11H2,1-4H3;9-10H,5-6H2,1-4H3. The third kappa shape index (κ3) is 8.38. The number of nitrogens with zero attached hydrogens (tertiary/aromatic N) is 1. The molecular formula is C21H47N3O3Si.